The molecule has 31 heavy (non-hydrogen) atoms. The number of primary amides is 1. The van der Waals surface area contributed by atoms with Crippen LogP contribution in [0.4, 0.5) is 0 Å². The second-order valence-electron chi connectivity index (χ2n) is 7.71. The second kappa shape index (κ2) is 13.2. The third-order valence-corrected chi connectivity index (χ3v) is 5.23. The third-order valence-electron chi connectivity index (χ3n) is 5.23. The number of hydrogen-bond donors (Lipinski definition) is 2. The number of nitrogens with two attached hydrogens (primary N) is 1. The van der Waals surface area contributed by atoms with Gasteiger partial charge in [0.15, 0.2) is 5.96 Å². The zero-order valence-electron chi connectivity index (χ0n) is 18.1. The van der Waals surface area contributed by atoms with Gasteiger partial charge in [-0.1, -0.05) is 42.5 Å². The lowest BCUT2D eigenvalue weighted by atomic mass is 9.95. The topological polar surface area (TPSA) is 80.0 Å². The van der Waals surface area contributed by atoms with Gasteiger partial charge in [-0.05, 0) is 48.9 Å². The van der Waals surface area contributed by atoms with E-state index in [1.807, 2.05) is 30.3 Å². The molecule has 1 aliphatic rings. The Bertz CT molecular complexity index is 827. The van der Waals surface area contributed by atoms with Crippen molar-refractivity contribution in [2.45, 2.75) is 39.3 Å². The quantitative estimate of drug-likeness (QED) is 0.305. The average Bonchev–Trinajstić information content (AvgIpc) is 2.76. The van der Waals surface area contributed by atoms with Crippen molar-refractivity contribution < 1.29 is 9.53 Å². The Morgan fingerprint density at radius 3 is 2.55 bits per heavy atom. The van der Waals surface area contributed by atoms with Gasteiger partial charge in [-0.2, -0.15) is 0 Å². The summed E-state index contributed by atoms with van der Waals surface area (Å²) >= 11 is 0. The number of rotatable bonds is 8. The maximum Gasteiger partial charge on any atom is 0.217 e. The molecule has 2 aromatic rings. The molecule has 3 rings (SSSR count). The largest absolute Gasteiger partial charge is 0.489 e. The standard InChI is InChI=1S/C24H32N4O2.HI/c1-2-26-24(28-14-6-7-21(17-28)15-23(25)29)27-16-19-10-12-20(13-11-19)18-30-22-8-4-3-5-9-22;/h3-5,8-13,21H,2,6-7,14-18H2,1H3,(H2,25,29)(H,26,27);1H. The fourth-order valence-corrected chi connectivity index (χ4v) is 3.72. The summed E-state index contributed by atoms with van der Waals surface area (Å²) in [6.45, 7) is 5.82. The molecule has 1 unspecified atom stereocenters. The molecule has 0 bridgehead atoms. The van der Waals surface area contributed by atoms with E-state index in [9.17, 15) is 4.79 Å². The maximum atomic E-state index is 11.3. The third kappa shape index (κ3) is 8.40. The van der Waals surface area contributed by atoms with Crippen molar-refractivity contribution in [3.63, 3.8) is 0 Å². The SMILES string of the molecule is CCNC(=NCc1ccc(COc2ccccc2)cc1)N1CCCC(CC(N)=O)C1.I. The number of carbonyl (C=O) groups is 1. The number of amides is 1. The zero-order chi connectivity index (χ0) is 21.2. The van der Waals surface area contributed by atoms with Crippen LogP contribution in [0.25, 0.3) is 0 Å². The van der Waals surface area contributed by atoms with E-state index in [4.69, 9.17) is 15.5 Å². The lowest BCUT2D eigenvalue weighted by Crippen LogP contribution is -2.47. The van der Waals surface area contributed by atoms with Crippen LogP contribution >= 0.6 is 24.0 Å². The van der Waals surface area contributed by atoms with Gasteiger partial charge in [0.05, 0.1) is 6.54 Å². The average molecular weight is 536 g/mol. The van der Waals surface area contributed by atoms with Gasteiger partial charge >= 0.3 is 0 Å². The van der Waals surface area contributed by atoms with Crippen LogP contribution in [-0.2, 0) is 17.9 Å². The van der Waals surface area contributed by atoms with Gasteiger partial charge in [0.25, 0.3) is 0 Å². The minimum atomic E-state index is -0.222. The smallest absolute Gasteiger partial charge is 0.217 e. The monoisotopic (exact) mass is 536 g/mol. The summed E-state index contributed by atoms with van der Waals surface area (Å²) in [5, 5.41) is 3.39. The number of halogens is 1. The van der Waals surface area contributed by atoms with E-state index in [0.717, 1.165) is 55.3 Å². The molecule has 2 aromatic carbocycles. The molecule has 168 valence electrons. The van der Waals surface area contributed by atoms with Gasteiger partial charge in [0.1, 0.15) is 12.4 Å². The Kier molecular flexibility index (Phi) is 10.6. The fourth-order valence-electron chi connectivity index (χ4n) is 3.72. The molecule has 0 saturated carbocycles. The molecular weight excluding hydrogens is 503 g/mol. The van der Waals surface area contributed by atoms with Crippen LogP contribution in [0.5, 0.6) is 5.75 Å². The summed E-state index contributed by atoms with van der Waals surface area (Å²) in [7, 11) is 0. The molecule has 1 saturated heterocycles. The summed E-state index contributed by atoms with van der Waals surface area (Å²) in [5.74, 6) is 1.87. The van der Waals surface area contributed by atoms with Crippen molar-refractivity contribution in [1.29, 1.82) is 0 Å². The van der Waals surface area contributed by atoms with E-state index in [1.54, 1.807) is 0 Å². The van der Waals surface area contributed by atoms with Gasteiger partial charge in [0, 0.05) is 26.1 Å². The molecule has 1 heterocycles. The van der Waals surface area contributed by atoms with Gasteiger partial charge in [-0.3, -0.25) is 4.79 Å². The number of carbonyl (C=O) groups excluding carboxylic acids is 1. The first-order valence-corrected chi connectivity index (χ1v) is 10.7. The Morgan fingerprint density at radius 2 is 1.87 bits per heavy atom. The highest BCUT2D eigenvalue weighted by molar-refractivity contribution is 14.0. The van der Waals surface area contributed by atoms with E-state index in [0.29, 0.717) is 25.5 Å². The zero-order valence-corrected chi connectivity index (χ0v) is 20.5. The van der Waals surface area contributed by atoms with Crippen LogP contribution in [0.15, 0.2) is 59.6 Å². The van der Waals surface area contributed by atoms with Crippen molar-refractivity contribution in [2.24, 2.45) is 16.6 Å². The molecule has 7 heteroatoms. The number of para-hydroxylation sites is 1. The van der Waals surface area contributed by atoms with Crippen molar-refractivity contribution >= 4 is 35.8 Å². The highest BCUT2D eigenvalue weighted by atomic mass is 127. The molecular formula is C24H33IN4O2. The molecule has 1 fully saturated rings. The second-order valence-corrected chi connectivity index (χ2v) is 7.71. The number of benzene rings is 2. The minimum absolute atomic E-state index is 0. The maximum absolute atomic E-state index is 11.3. The van der Waals surface area contributed by atoms with E-state index in [-0.39, 0.29) is 29.9 Å². The molecule has 3 N–H and O–H groups in total. The molecule has 1 atom stereocenters. The summed E-state index contributed by atoms with van der Waals surface area (Å²) < 4.78 is 5.80. The van der Waals surface area contributed by atoms with Gasteiger partial charge < -0.3 is 20.7 Å². The van der Waals surface area contributed by atoms with Gasteiger partial charge in [0.2, 0.25) is 5.91 Å². The number of piperidine rings is 1. The van der Waals surface area contributed by atoms with E-state index >= 15 is 0 Å². The number of aliphatic imine (C=N–C) groups is 1. The van der Waals surface area contributed by atoms with Crippen molar-refractivity contribution in [2.75, 3.05) is 19.6 Å². The highest BCUT2D eigenvalue weighted by Crippen LogP contribution is 2.20. The first-order valence-electron chi connectivity index (χ1n) is 10.7. The van der Waals surface area contributed by atoms with Gasteiger partial charge in [-0.15, -0.1) is 24.0 Å². The van der Waals surface area contributed by atoms with Crippen molar-refractivity contribution in [1.82, 2.24) is 10.2 Å². The summed E-state index contributed by atoms with van der Waals surface area (Å²) in [6, 6.07) is 18.2. The number of ether oxygens (including phenoxy) is 1. The molecule has 0 radical (unpaired) electrons. The number of nitrogens with one attached hydrogen (secondary N) is 1. The molecule has 1 amide bonds. The molecule has 0 aliphatic carbocycles. The summed E-state index contributed by atoms with van der Waals surface area (Å²) in [6.07, 6.45) is 2.55. The minimum Gasteiger partial charge on any atom is -0.489 e. The summed E-state index contributed by atoms with van der Waals surface area (Å²) in [5.41, 5.74) is 7.67. The normalized spacial score (nSPS) is 16.4. The van der Waals surface area contributed by atoms with Gasteiger partial charge in [-0.25, -0.2) is 4.99 Å². The first kappa shape index (κ1) is 25.0. The van der Waals surface area contributed by atoms with Crippen LogP contribution in [0.3, 0.4) is 0 Å². The highest BCUT2D eigenvalue weighted by Gasteiger charge is 2.23. The number of guanidine groups is 1. The lowest BCUT2D eigenvalue weighted by Gasteiger charge is -2.34. The molecule has 1 aliphatic heterocycles. The first-order chi connectivity index (χ1) is 14.6. The number of likely N-dealkylation sites (tertiary alicyclic amines) is 1. The van der Waals surface area contributed by atoms with Crippen molar-refractivity contribution in [3.8, 4) is 5.75 Å². The Morgan fingerprint density at radius 1 is 1.16 bits per heavy atom. The van der Waals surface area contributed by atoms with Crippen LogP contribution in [-0.4, -0.2) is 36.4 Å². The van der Waals surface area contributed by atoms with Crippen LogP contribution < -0.4 is 15.8 Å². The molecule has 6 nitrogen and oxygen atoms in total. The Hall–Kier alpha value is -2.29. The fraction of sp³-hybridized carbons (Fsp3) is 0.417. The molecule has 0 spiro atoms. The number of hydrogen-bond acceptors (Lipinski definition) is 3. The predicted molar refractivity (Wildman–Crippen MR) is 136 cm³/mol. The molecule has 0 aromatic heterocycles. The van der Waals surface area contributed by atoms with Crippen LogP contribution in [0.2, 0.25) is 0 Å². The Labute approximate surface area is 202 Å². The Balaban J connectivity index is 0.00000341. The van der Waals surface area contributed by atoms with Crippen LogP contribution in [0, 0.1) is 5.92 Å². The predicted octanol–water partition coefficient (Wildman–Crippen LogP) is 3.94. The van der Waals surface area contributed by atoms with E-state index < -0.39 is 0 Å². The van der Waals surface area contributed by atoms with Crippen molar-refractivity contribution in [3.05, 3.63) is 65.7 Å². The van der Waals surface area contributed by atoms with E-state index in [2.05, 4.69) is 41.4 Å². The van der Waals surface area contributed by atoms with Crippen LogP contribution in [0.1, 0.15) is 37.3 Å². The van der Waals surface area contributed by atoms with E-state index in [1.165, 1.54) is 0 Å². The summed E-state index contributed by atoms with van der Waals surface area (Å²) in [4.78, 5) is 18.4. The lowest BCUT2D eigenvalue weighted by molar-refractivity contribution is -0.119. The number of nitrogens with zero attached hydrogens (tertiary/aromatic N) is 2.